The molecule has 1 aliphatic heterocycles. The van der Waals surface area contributed by atoms with Crippen LogP contribution in [0.1, 0.15) is 26.3 Å². The Hall–Kier alpha value is -4.56. The minimum absolute atomic E-state index is 0.00753. The third-order valence-electron chi connectivity index (χ3n) is 6.69. The minimum Gasteiger partial charge on any atom is -0.502 e. The Balaban J connectivity index is 1.43. The van der Waals surface area contributed by atoms with E-state index in [9.17, 15) is 35.1 Å². The highest BCUT2D eigenvalue weighted by Crippen LogP contribution is 2.38. The molecular weight excluding hydrogens is 568 g/mol. The SMILES string of the molecule is COc1cc(C(=O)O)ccc1OC1OC(COC(=O)c2cc(OC)c(O)c(OCCc3ccccc3)c2)C(O)C(O)C1O. The number of rotatable bonds is 12. The Bertz CT molecular complexity index is 1410. The van der Waals surface area contributed by atoms with Crippen molar-refractivity contribution in [1.82, 2.24) is 0 Å². The number of phenols is 1. The second-order valence-corrected chi connectivity index (χ2v) is 9.51. The fourth-order valence-electron chi connectivity index (χ4n) is 4.31. The summed E-state index contributed by atoms with van der Waals surface area (Å²) in [4.78, 5) is 24.2. The number of esters is 1. The number of methoxy groups -OCH3 is 2. The Morgan fingerprint density at radius 1 is 0.814 bits per heavy atom. The van der Waals surface area contributed by atoms with E-state index in [0.717, 1.165) is 5.56 Å². The van der Waals surface area contributed by atoms with Crippen LogP contribution in [0, 0.1) is 0 Å². The number of carboxylic acid groups (broad SMARTS) is 1. The number of ether oxygens (including phenoxy) is 6. The van der Waals surface area contributed by atoms with Gasteiger partial charge in [-0.15, -0.1) is 0 Å². The van der Waals surface area contributed by atoms with E-state index in [2.05, 4.69) is 0 Å². The average Bonchev–Trinajstić information content (AvgIpc) is 3.01. The normalized spacial score (nSPS) is 21.5. The standard InChI is InChI=1S/C30H32O13/c1-38-20-12-17(28(35)36)8-9-19(20)42-30-27(34)26(33)25(32)23(43-30)15-41-29(37)18-13-21(39-2)24(31)22(14-18)40-11-10-16-6-4-3-5-7-16/h3-9,12-14,23,25-27,30-34H,10-11,15H2,1-2H3,(H,35,36). The van der Waals surface area contributed by atoms with Gasteiger partial charge in [0.2, 0.25) is 12.0 Å². The van der Waals surface area contributed by atoms with Crippen LogP contribution in [0.25, 0.3) is 0 Å². The van der Waals surface area contributed by atoms with Gasteiger partial charge >= 0.3 is 11.9 Å². The zero-order chi connectivity index (χ0) is 31.1. The quantitative estimate of drug-likeness (QED) is 0.189. The lowest BCUT2D eigenvalue weighted by Crippen LogP contribution is -2.60. The van der Waals surface area contributed by atoms with Crippen molar-refractivity contribution in [3.8, 4) is 28.7 Å². The van der Waals surface area contributed by atoms with E-state index in [0.29, 0.717) is 6.42 Å². The Labute approximate surface area is 246 Å². The summed E-state index contributed by atoms with van der Waals surface area (Å²) in [7, 11) is 2.59. The van der Waals surface area contributed by atoms with Crippen LogP contribution in [-0.2, 0) is 15.9 Å². The summed E-state index contributed by atoms with van der Waals surface area (Å²) in [6, 6.07) is 15.8. The molecular formula is C30H32O13. The molecule has 13 heteroatoms. The molecule has 4 rings (SSSR count). The van der Waals surface area contributed by atoms with Crippen LogP contribution in [-0.4, -0.2) is 95.6 Å². The number of carboxylic acids is 1. The molecule has 0 spiro atoms. The fourth-order valence-corrected chi connectivity index (χ4v) is 4.31. The predicted molar refractivity (Wildman–Crippen MR) is 148 cm³/mol. The van der Waals surface area contributed by atoms with Gasteiger partial charge in [-0.1, -0.05) is 30.3 Å². The third-order valence-corrected chi connectivity index (χ3v) is 6.69. The van der Waals surface area contributed by atoms with Crippen LogP contribution in [0.4, 0.5) is 0 Å². The van der Waals surface area contributed by atoms with Gasteiger partial charge in [-0.3, -0.25) is 0 Å². The smallest absolute Gasteiger partial charge is 0.338 e. The zero-order valence-corrected chi connectivity index (χ0v) is 23.3. The molecule has 1 saturated heterocycles. The number of aromatic hydroxyl groups is 1. The van der Waals surface area contributed by atoms with Crippen LogP contribution >= 0.6 is 0 Å². The van der Waals surface area contributed by atoms with Gasteiger partial charge in [-0.25, -0.2) is 9.59 Å². The van der Waals surface area contributed by atoms with Crippen molar-refractivity contribution in [3.63, 3.8) is 0 Å². The zero-order valence-electron chi connectivity index (χ0n) is 23.3. The van der Waals surface area contributed by atoms with Crippen LogP contribution in [0.15, 0.2) is 60.7 Å². The first kappa shape index (κ1) is 31.4. The molecule has 0 amide bonds. The summed E-state index contributed by atoms with van der Waals surface area (Å²) >= 11 is 0. The van der Waals surface area contributed by atoms with E-state index in [-0.39, 0.29) is 46.5 Å². The van der Waals surface area contributed by atoms with E-state index in [4.69, 9.17) is 28.4 Å². The highest BCUT2D eigenvalue weighted by Gasteiger charge is 2.45. The number of aliphatic hydroxyl groups is 3. The third kappa shape index (κ3) is 7.45. The van der Waals surface area contributed by atoms with Gasteiger partial charge in [0.05, 0.1) is 32.0 Å². The lowest BCUT2D eigenvalue weighted by atomic mass is 9.99. The van der Waals surface area contributed by atoms with E-state index in [1.54, 1.807) is 0 Å². The fraction of sp³-hybridized carbons (Fsp3) is 0.333. The molecule has 5 unspecified atom stereocenters. The van der Waals surface area contributed by atoms with Crippen molar-refractivity contribution >= 4 is 11.9 Å². The molecule has 0 radical (unpaired) electrons. The van der Waals surface area contributed by atoms with Gasteiger partial charge < -0.3 is 54.0 Å². The van der Waals surface area contributed by atoms with Crippen molar-refractivity contribution < 1.29 is 63.5 Å². The number of hydrogen-bond acceptors (Lipinski definition) is 12. The van der Waals surface area contributed by atoms with Crippen LogP contribution < -0.4 is 18.9 Å². The van der Waals surface area contributed by atoms with E-state index in [1.807, 2.05) is 30.3 Å². The van der Waals surface area contributed by atoms with Crippen molar-refractivity contribution in [2.75, 3.05) is 27.4 Å². The summed E-state index contributed by atoms with van der Waals surface area (Å²) in [5.74, 6) is -2.42. The number of phenolic OH excluding ortho intramolecular Hbond substituents is 1. The first-order valence-electron chi connectivity index (χ1n) is 13.2. The van der Waals surface area contributed by atoms with Crippen LogP contribution in [0.5, 0.6) is 28.7 Å². The van der Waals surface area contributed by atoms with Gasteiger partial charge in [0, 0.05) is 6.42 Å². The van der Waals surface area contributed by atoms with Gasteiger partial charge in [-0.2, -0.15) is 0 Å². The first-order chi connectivity index (χ1) is 20.6. The van der Waals surface area contributed by atoms with Gasteiger partial charge in [-0.05, 0) is 35.9 Å². The molecule has 0 saturated carbocycles. The van der Waals surface area contributed by atoms with E-state index >= 15 is 0 Å². The molecule has 1 aliphatic rings. The Morgan fingerprint density at radius 3 is 2.16 bits per heavy atom. The number of carbonyl (C=O) groups is 2. The average molecular weight is 601 g/mol. The highest BCUT2D eigenvalue weighted by atomic mass is 16.7. The maximum absolute atomic E-state index is 13.0. The molecule has 43 heavy (non-hydrogen) atoms. The summed E-state index contributed by atoms with van der Waals surface area (Å²) < 4.78 is 32.6. The van der Waals surface area contributed by atoms with Gasteiger partial charge in [0.25, 0.3) is 0 Å². The molecule has 1 heterocycles. The molecule has 5 N–H and O–H groups in total. The van der Waals surface area contributed by atoms with Crippen LogP contribution in [0.3, 0.4) is 0 Å². The largest absolute Gasteiger partial charge is 0.502 e. The van der Waals surface area contributed by atoms with Crippen molar-refractivity contribution in [3.05, 3.63) is 77.4 Å². The van der Waals surface area contributed by atoms with Crippen LogP contribution in [0.2, 0.25) is 0 Å². The van der Waals surface area contributed by atoms with Crippen molar-refractivity contribution in [1.29, 1.82) is 0 Å². The van der Waals surface area contributed by atoms with Gasteiger partial charge in [0.15, 0.2) is 23.0 Å². The minimum atomic E-state index is -1.75. The Morgan fingerprint density at radius 2 is 1.49 bits per heavy atom. The molecule has 0 bridgehead atoms. The Kier molecular flexibility index (Phi) is 10.3. The summed E-state index contributed by atoms with van der Waals surface area (Å²) in [6.07, 6.45) is -7.47. The number of carbonyl (C=O) groups excluding carboxylic acids is 1. The number of hydrogen-bond donors (Lipinski definition) is 5. The molecule has 0 aromatic heterocycles. The van der Waals surface area contributed by atoms with Gasteiger partial charge in [0.1, 0.15) is 31.0 Å². The van der Waals surface area contributed by atoms with Crippen molar-refractivity contribution in [2.24, 2.45) is 0 Å². The second kappa shape index (κ2) is 14.1. The summed E-state index contributed by atoms with van der Waals surface area (Å²) in [6.45, 7) is -0.362. The van der Waals surface area contributed by atoms with E-state index in [1.165, 1.54) is 44.6 Å². The lowest BCUT2D eigenvalue weighted by Gasteiger charge is -2.40. The maximum Gasteiger partial charge on any atom is 0.338 e. The molecule has 3 aromatic carbocycles. The predicted octanol–water partition coefficient (Wildman–Crippen LogP) is 1.77. The monoisotopic (exact) mass is 600 g/mol. The molecule has 0 aliphatic carbocycles. The highest BCUT2D eigenvalue weighted by molar-refractivity contribution is 5.91. The number of aromatic carboxylic acids is 1. The topological polar surface area (TPSA) is 191 Å². The first-order valence-corrected chi connectivity index (χ1v) is 13.2. The molecule has 13 nitrogen and oxygen atoms in total. The second-order valence-electron chi connectivity index (χ2n) is 9.51. The number of aliphatic hydroxyl groups excluding tert-OH is 3. The molecule has 1 fully saturated rings. The van der Waals surface area contributed by atoms with E-state index < -0.39 is 49.3 Å². The molecule has 5 atom stereocenters. The number of benzene rings is 3. The maximum atomic E-state index is 13.0. The molecule has 3 aromatic rings. The summed E-state index contributed by atoms with van der Waals surface area (Å²) in [5.41, 5.74) is 0.900. The summed E-state index contributed by atoms with van der Waals surface area (Å²) in [5, 5.41) is 51.0. The molecule has 230 valence electrons. The van der Waals surface area contributed by atoms with Crippen molar-refractivity contribution in [2.45, 2.75) is 37.1 Å². The lowest BCUT2D eigenvalue weighted by molar-refractivity contribution is -0.277.